The molecule has 0 fully saturated rings. The minimum absolute atomic E-state index is 1.04. The summed E-state index contributed by atoms with van der Waals surface area (Å²) in [6.45, 7) is 0. The van der Waals surface area contributed by atoms with Crippen LogP contribution in [0.15, 0.2) is 146 Å². The summed E-state index contributed by atoms with van der Waals surface area (Å²) in [7, 11) is 0. The molecule has 0 N–H and O–H groups in total. The normalized spacial score (nSPS) is 11.2. The highest BCUT2D eigenvalue weighted by atomic mass is 127. The summed E-state index contributed by atoms with van der Waals surface area (Å²) >= 11 is 2.35. The number of rotatable bonds is 4. The van der Waals surface area contributed by atoms with Gasteiger partial charge in [0.2, 0.25) is 0 Å². The van der Waals surface area contributed by atoms with E-state index in [0.717, 1.165) is 16.5 Å². The summed E-state index contributed by atoms with van der Waals surface area (Å²) < 4.78 is 1.25. The third-order valence-electron chi connectivity index (χ3n) is 7.40. The molecule has 7 aromatic rings. The van der Waals surface area contributed by atoms with Gasteiger partial charge < -0.3 is 0 Å². The number of nitrogens with zero attached hydrogens (tertiary/aromatic N) is 1. The van der Waals surface area contributed by atoms with Crippen LogP contribution in [-0.2, 0) is 0 Å². The molecule has 184 valence electrons. The summed E-state index contributed by atoms with van der Waals surface area (Å²) in [5.41, 5.74) is 10.7. The molecule has 0 spiro atoms. The first-order chi connectivity index (χ1) is 19.2. The molecule has 2 heteroatoms. The number of fused-ring (bicyclic) bond motifs is 2. The minimum atomic E-state index is 1.04. The van der Waals surface area contributed by atoms with Crippen molar-refractivity contribution in [3.05, 3.63) is 149 Å². The van der Waals surface area contributed by atoms with Crippen LogP contribution in [0.4, 0.5) is 0 Å². The van der Waals surface area contributed by atoms with E-state index in [2.05, 4.69) is 161 Å². The van der Waals surface area contributed by atoms with E-state index in [1.165, 1.54) is 53.3 Å². The van der Waals surface area contributed by atoms with E-state index in [9.17, 15) is 0 Å². The Hall–Kier alpha value is -4.28. The fourth-order valence-corrected chi connectivity index (χ4v) is 5.64. The number of pyridine rings is 1. The lowest BCUT2D eigenvalue weighted by Gasteiger charge is -2.10. The van der Waals surface area contributed by atoms with Gasteiger partial charge in [-0.25, -0.2) is 0 Å². The number of halogens is 1. The van der Waals surface area contributed by atoms with E-state index in [1.807, 2.05) is 12.3 Å². The van der Waals surface area contributed by atoms with Crippen LogP contribution in [0.5, 0.6) is 0 Å². The van der Waals surface area contributed by atoms with Crippen molar-refractivity contribution in [1.29, 1.82) is 0 Å². The van der Waals surface area contributed by atoms with Crippen LogP contribution in [0.25, 0.3) is 66.2 Å². The number of para-hydroxylation sites is 1. The molecule has 0 bridgehead atoms. The van der Waals surface area contributed by atoms with E-state index in [-0.39, 0.29) is 0 Å². The molecular weight excluding hydrogens is 585 g/mol. The molecule has 0 saturated carbocycles. The van der Waals surface area contributed by atoms with Gasteiger partial charge in [0.15, 0.2) is 0 Å². The fourth-order valence-electron chi connectivity index (χ4n) is 5.28. The highest BCUT2D eigenvalue weighted by molar-refractivity contribution is 14.1. The zero-order chi connectivity index (χ0) is 26.2. The minimum Gasteiger partial charge on any atom is -0.256 e. The van der Waals surface area contributed by atoms with Crippen molar-refractivity contribution in [3.63, 3.8) is 0 Å². The van der Waals surface area contributed by atoms with Gasteiger partial charge in [-0.05, 0) is 103 Å². The van der Waals surface area contributed by atoms with Gasteiger partial charge in [-0.2, -0.15) is 0 Å². The van der Waals surface area contributed by atoms with E-state index < -0.39 is 0 Å². The highest BCUT2D eigenvalue weighted by Gasteiger charge is 2.07. The van der Waals surface area contributed by atoms with Crippen molar-refractivity contribution in [3.8, 4) is 44.5 Å². The molecule has 0 saturated heterocycles. The van der Waals surface area contributed by atoms with E-state index >= 15 is 0 Å². The Morgan fingerprint density at radius 3 is 1.49 bits per heavy atom. The quantitative estimate of drug-likeness (QED) is 0.181. The van der Waals surface area contributed by atoms with Crippen LogP contribution < -0.4 is 0 Å². The van der Waals surface area contributed by atoms with Gasteiger partial charge in [0.1, 0.15) is 0 Å². The molecule has 39 heavy (non-hydrogen) atoms. The first-order valence-corrected chi connectivity index (χ1v) is 14.1. The molecule has 0 aliphatic carbocycles. The molecule has 0 unspecified atom stereocenters. The Balaban J connectivity index is 1.19. The van der Waals surface area contributed by atoms with Gasteiger partial charge in [0, 0.05) is 20.7 Å². The molecular formula is C37H24IN. The van der Waals surface area contributed by atoms with Gasteiger partial charge in [0.05, 0.1) is 5.52 Å². The first-order valence-electron chi connectivity index (χ1n) is 13.1. The van der Waals surface area contributed by atoms with Crippen LogP contribution in [-0.4, -0.2) is 4.98 Å². The molecule has 0 aliphatic rings. The summed E-state index contributed by atoms with van der Waals surface area (Å²) in [5, 5.41) is 3.65. The zero-order valence-corrected chi connectivity index (χ0v) is 23.3. The SMILES string of the molecule is Ic1ccc(-c2ccc(-c3ccc4ccc(-c5ccc(-c6cccc7cccnc67)cc5)cc4c3)cc2)cc1. The molecule has 1 heterocycles. The number of hydrogen-bond acceptors (Lipinski definition) is 1. The maximum atomic E-state index is 4.63. The lowest BCUT2D eigenvalue weighted by molar-refractivity contribution is 1.41. The Kier molecular flexibility index (Phi) is 6.18. The van der Waals surface area contributed by atoms with Crippen molar-refractivity contribution < 1.29 is 0 Å². The van der Waals surface area contributed by atoms with Gasteiger partial charge in [0.25, 0.3) is 0 Å². The third-order valence-corrected chi connectivity index (χ3v) is 8.12. The predicted octanol–water partition coefficient (Wildman–Crippen LogP) is 10.7. The lowest BCUT2D eigenvalue weighted by atomic mass is 9.95. The Morgan fingerprint density at radius 2 is 0.872 bits per heavy atom. The van der Waals surface area contributed by atoms with E-state index in [4.69, 9.17) is 0 Å². The van der Waals surface area contributed by atoms with Gasteiger partial charge in [-0.3, -0.25) is 4.98 Å². The second kappa shape index (κ2) is 10.1. The van der Waals surface area contributed by atoms with Crippen LogP contribution in [0.1, 0.15) is 0 Å². The second-order valence-electron chi connectivity index (χ2n) is 9.82. The highest BCUT2D eigenvalue weighted by Crippen LogP contribution is 2.32. The monoisotopic (exact) mass is 609 g/mol. The summed E-state index contributed by atoms with van der Waals surface area (Å²) in [6, 6.07) is 50.3. The van der Waals surface area contributed by atoms with E-state index in [0.29, 0.717) is 0 Å². The average Bonchev–Trinajstić information content (AvgIpc) is 3.01. The van der Waals surface area contributed by atoms with E-state index in [1.54, 1.807) is 0 Å². The number of aromatic nitrogens is 1. The van der Waals surface area contributed by atoms with Crippen molar-refractivity contribution >= 4 is 44.3 Å². The average molecular weight is 610 g/mol. The molecule has 1 aromatic heterocycles. The molecule has 0 aliphatic heterocycles. The second-order valence-corrected chi connectivity index (χ2v) is 11.1. The topological polar surface area (TPSA) is 12.9 Å². The molecule has 0 amide bonds. The molecule has 1 nitrogen and oxygen atoms in total. The zero-order valence-electron chi connectivity index (χ0n) is 21.2. The van der Waals surface area contributed by atoms with Crippen LogP contribution >= 0.6 is 22.6 Å². The number of benzene rings is 6. The van der Waals surface area contributed by atoms with Gasteiger partial charge in [-0.15, -0.1) is 0 Å². The maximum Gasteiger partial charge on any atom is 0.0780 e. The number of hydrogen-bond donors (Lipinski definition) is 0. The summed E-state index contributed by atoms with van der Waals surface area (Å²) in [6.07, 6.45) is 1.86. The van der Waals surface area contributed by atoms with Crippen molar-refractivity contribution in [2.45, 2.75) is 0 Å². The van der Waals surface area contributed by atoms with Crippen LogP contribution in [0.3, 0.4) is 0 Å². The molecule has 0 atom stereocenters. The fraction of sp³-hybridized carbons (Fsp3) is 0. The van der Waals surface area contributed by atoms with Crippen LogP contribution in [0, 0.1) is 3.57 Å². The van der Waals surface area contributed by atoms with Gasteiger partial charge in [-0.1, -0.05) is 109 Å². The third kappa shape index (κ3) is 4.73. The Labute approximate surface area is 242 Å². The summed E-state index contributed by atoms with van der Waals surface area (Å²) in [4.78, 5) is 4.63. The largest absolute Gasteiger partial charge is 0.256 e. The molecule has 7 rings (SSSR count). The summed E-state index contributed by atoms with van der Waals surface area (Å²) in [5.74, 6) is 0. The lowest BCUT2D eigenvalue weighted by Crippen LogP contribution is -1.85. The smallest absolute Gasteiger partial charge is 0.0780 e. The standard InChI is InChI=1S/C37H24IN/c38-35-20-18-26(19-21-35)25-6-8-27(9-7-25)32-16-12-29-13-17-33(24-34(29)23-32)28-10-14-30(15-11-28)36-5-1-3-31-4-2-22-39-37(31)36/h1-24H. The van der Waals surface area contributed by atoms with Crippen molar-refractivity contribution in [2.75, 3.05) is 0 Å². The Morgan fingerprint density at radius 1 is 0.385 bits per heavy atom. The first kappa shape index (κ1) is 23.8. The molecule has 6 aromatic carbocycles. The Bertz CT molecular complexity index is 1930. The maximum absolute atomic E-state index is 4.63. The van der Waals surface area contributed by atoms with Crippen LogP contribution in [0.2, 0.25) is 0 Å². The van der Waals surface area contributed by atoms with Gasteiger partial charge >= 0.3 is 0 Å². The van der Waals surface area contributed by atoms with Crippen molar-refractivity contribution in [1.82, 2.24) is 4.98 Å². The van der Waals surface area contributed by atoms with Crippen molar-refractivity contribution in [2.24, 2.45) is 0 Å². The predicted molar refractivity (Wildman–Crippen MR) is 174 cm³/mol. The molecule has 0 radical (unpaired) electrons.